The average Bonchev–Trinajstić information content (AvgIpc) is 2.18. The first kappa shape index (κ1) is 11.2. The quantitative estimate of drug-likeness (QED) is 0.759. The Labute approximate surface area is 87.7 Å². The highest BCUT2D eigenvalue weighted by Gasteiger charge is 2.09. The van der Waals surface area contributed by atoms with E-state index in [1.165, 1.54) is 12.1 Å². The van der Waals surface area contributed by atoms with Crippen LogP contribution >= 0.6 is 0 Å². The van der Waals surface area contributed by atoms with Gasteiger partial charge in [0.2, 0.25) is 0 Å². The van der Waals surface area contributed by atoms with Crippen LogP contribution < -0.4 is 5.32 Å². The lowest BCUT2D eigenvalue weighted by Crippen LogP contribution is -2.32. The van der Waals surface area contributed by atoms with Crippen molar-refractivity contribution < 1.29 is 9.18 Å². The van der Waals surface area contributed by atoms with Gasteiger partial charge >= 0.3 is 0 Å². The summed E-state index contributed by atoms with van der Waals surface area (Å²) in [6.07, 6.45) is 6.55. The van der Waals surface area contributed by atoms with Crippen LogP contribution in [0.3, 0.4) is 0 Å². The van der Waals surface area contributed by atoms with Gasteiger partial charge in [0.25, 0.3) is 5.91 Å². The fourth-order valence-corrected chi connectivity index (χ4v) is 1.04. The average molecular weight is 206 g/mol. The monoisotopic (exact) mass is 206 g/mol. The van der Waals surface area contributed by atoms with Crippen molar-refractivity contribution >= 4 is 5.91 Å². The van der Waals surface area contributed by atoms with Gasteiger partial charge in [-0.1, -0.05) is 0 Å². The van der Waals surface area contributed by atoms with Crippen LogP contribution in [0.15, 0.2) is 18.3 Å². The molecule has 3 nitrogen and oxygen atoms in total. The Morgan fingerprint density at radius 1 is 1.73 bits per heavy atom. The number of nitrogens with one attached hydrogen (secondary N) is 1. The van der Waals surface area contributed by atoms with Crippen molar-refractivity contribution in [1.82, 2.24) is 10.3 Å². The topological polar surface area (TPSA) is 42.0 Å². The smallest absolute Gasteiger partial charge is 0.270 e. The molecule has 1 heterocycles. The van der Waals surface area contributed by atoms with Crippen LogP contribution in [0.4, 0.5) is 4.39 Å². The minimum atomic E-state index is -0.469. The van der Waals surface area contributed by atoms with Crippen LogP contribution in [0, 0.1) is 18.2 Å². The number of hydrogen-bond acceptors (Lipinski definition) is 2. The zero-order chi connectivity index (χ0) is 11.3. The molecule has 0 fully saturated rings. The fraction of sp³-hybridized carbons (Fsp3) is 0.273. The number of nitrogens with zero attached hydrogens (tertiary/aromatic N) is 1. The minimum Gasteiger partial charge on any atom is -0.347 e. The summed E-state index contributed by atoms with van der Waals surface area (Å²) >= 11 is 0. The number of halogens is 1. The van der Waals surface area contributed by atoms with Crippen molar-refractivity contribution in [2.75, 3.05) is 0 Å². The predicted octanol–water partition coefficient (Wildman–Crippen LogP) is 1.36. The summed E-state index contributed by atoms with van der Waals surface area (Å²) in [6.45, 7) is 1.79. The first-order valence-electron chi connectivity index (χ1n) is 4.49. The van der Waals surface area contributed by atoms with Crippen LogP contribution in [0.1, 0.15) is 23.8 Å². The first-order valence-corrected chi connectivity index (χ1v) is 4.49. The Morgan fingerprint density at radius 3 is 3.00 bits per heavy atom. The normalized spacial score (nSPS) is 11.5. The molecule has 1 atom stereocenters. The van der Waals surface area contributed by atoms with Crippen molar-refractivity contribution in [3.8, 4) is 12.3 Å². The number of carbonyl (C=O) groups excluding carboxylic acids is 1. The Bertz CT molecular complexity index is 381. The van der Waals surface area contributed by atoms with E-state index < -0.39 is 5.82 Å². The van der Waals surface area contributed by atoms with E-state index in [1.54, 1.807) is 6.92 Å². The molecule has 0 aliphatic rings. The van der Waals surface area contributed by atoms with E-state index in [-0.39, 0.29) is 17.6 Å². The van der Waals surface area contributed by atoms with E-state index in [2.05, 4.69) is 16.2 Å². The molecule has 1 aromatic heterocycles. The Morgan fingerprint density at radius 2 is 2.47 bits per heavy atom. The van der Waals surface area contributed by atoms with Gasteiger partial charge < -0.3 is 5.32 Å². The number of carbonyl (C=O) groups is 1. The molecule has 0 aromatic carbocycles. The molecule has 1 unspecified atom stereocenters. The maximum atomic E-state index is 12.5. The third kappa shape index (κ3) is 3.39. The van der Waals surface area contributed by atoms with Crippen LogP contribution in [0.5, 0.6) is 0 Å². The van der Waals surface area contributed by atoms with Gasteiger partial charge in [-0.05, 0) is 19.1 Å². The zero-order valence-electron chi connectivity index (χ0n) is 8.33. The number of terminal acetylenes is 1. The van der Waals surface area contributed by atoms with E-state index >= 15 is 0 Å². The lowest BCUT2D eigenvalue weighted by molar-refractivity contribution is 0.0936. The predicted molar refractivity (Wildman–Crippen MR) is 54.6 cm³/mol. The minimum absolute atomic E-state index is 0.116. The summed E-state index contributed by atoms with van der Waals surface area (Å²) in [5, 5.41) is 2.65. The summed E-state index contributed by atoms with van der Waals surface area (Å²) in [7, 11) is 0. The van der Waals surface area contributed by atoms with Gasteiger partial charge in [-0.25, -0.2) is 9.37 Å². The molecule has 4 heteroatoms. The molecule has 1 rings (SSSR count). The van der Waals surface area contributed by atoms with Crippen molar-refractivity contribution in [2.45, 2.75) is 19.4 Å². The van der Waals surface area contributed by atoms with Crippen LogP contribution in [-0.4, -0.2) is 16.9 Å². The number of pyridine rings is 1. The Balaban J connectivity index is 2.62. The Kier molecular flexibility index (Phi) is 3.81. The highest BCUT2D eigenvalue weighted by molar-refractivity contribution is 5.92. The van der Waals surface area contributed by atoms with Crippen LogP contribution in [-0.2, 0) is 0 Å². The maximum absolute atomic E-state index is 12.5. The number of aromatic nitrogens is 1. The van der Waals surface area contributed by atoms with E-state index in [1.807, 2.05) is 0 Å². The van der Waals surface area contributed by atoms with E-state index in [0.29, 0.717) is 6.42 Å². The van der Waals surface area contributed by atoms with Gasteiger partial charge in [-0.3, -0.25) is 4.79 Å². The second-order valence-corrected chi connectivity index (χ2v) is 3.14. The molecule has 78 valence electrons. The summed E-state index contributed by atoms with van der Waals surface area (Å²) in [5.74, 6) is 1.62. The Hall–Kier alpha value is -1.89. The van der Waals surface area contributed by atoms with Crippen molar-refractivity contribution in [2.24, 2.45) is 0 Å². The molecule has 0 bridgehead atoms. The standard InChI is InChI=1S/C11H11FN2O/c1-3-4-8(2)14-11(15)10-6-5-9(12)7-13-10/h1,5-8H,4H2,2H3,(H,14,15). The molecule has 1 aromatic rings. The molecule has 15 heavy (non-hydrogen) atoms. The lowest BCUT2D eigenvalue weighted by Gasteiger charge is -2.09. The number of amides is 1. The molecule has 1 N–H and O–H groups in total. The first-order chi connectivity index (χ1) is 7.13. The van der Waals surface area contributed by atoms with Gasteiger partial charge in [0.15, 0.2) is 0 Å². The highest BCUT2D eigenvalue weighted by Crippen LogP contribution is 1.99. The van der Waals surface area contributed by atoms with E-state index in [9.17, 15) is 9.18 Å². The lowest BCUT2D eigenvalue weighted by atomic mass is 10.2. The molecular formula is C11H11FN2O. The molecule has 0 spiro atoms. The van der Waals surface area contributed by atoms with Crippen molar-refractivity contribution in [1.29, 1.82) is 0 Å². The SMILES string of the molecule is C#CCC(C)NC(=O)c1ccc(F)cn1. The van der Waals surface area contributed by atoms with Crippen LogP contribution in [0.25, 0.3) is 0 Å². The van der Waals surface area contributed by atoms with E-state index in [0.717, 1.165) is 6.20 Å². The maximum Gasteiger partial charge on any atom is 0.270 e. The summed E-state index contributed by atoms with van der Waals surface area (Å²) in [5.41, 5.74) is 0.181. The van der Waals surface area contributed by atoms with Gasteiger partial charge in [0, 0.05) is 12.5 Å². The van der Waals surface area contributed by atoms with Gasteiger partial charge in [0.1, 0.15) is 11.5 Å². The van der Waals surface area contributed by atoms with E-state index in [4.69, 9.17) is 6.42 Å². The van der Waals surface area contributed by atoms with Gasteiger partial charge in [0.05, 0.1) is 6.20 Å². The molecule has 0 aliphatic carbocycles. The number of hydrogen-bond donors (Lipinski definition) is 1. The molecule has 0 aliphatic heterocycles. The molecule has 1 amide bonds. The fourth-order valence-electron chi connectivity index (χ4n) is 1.04. The van der Waals surface area contributed by atoms with Gasteiger partial charge in [-0.2, -0.15) is 0 Å². The molecule has 0 radical (unpaired) electrons. The number of rotatable bonds is 3. The summed E-state index contributed by atoms with van der Waals surface area (Å²) in [6, 6.07) is 2.40. The molecular weight excluding hydrogens is 195 g/mol. The summed E-state index contributed by atoms with van der Waals surface area (Å²) < 4.78 is 12.5. The molecule has 0 saturated carbocycles. The largest absolute Gasteiger partial charge is 0.347 e. The third-order valence-electron chi connectivity index (χ3n) is 1.76. The van der Waals surface area contributed by atoms with Crippen LogP contribution in [0.2, 0.25) is 0 Å². The highest BCUT2D eigenvalue weighted by atomic mass is 19.1. The summed E-state index contributed by atoms with van der Waals surface area (Å²) in [4.78, 5) is 15.1. The van der Waals surface area contributed by atoms with Crippen molar-refractivity contribution in [3.05, 3.63) is 29.8 Å². The molecule has 0 saturated heterocycles. The second kappa shape index (κ2) is 5.11. The third-order valence-corrected chi connectivity index (χ3v) is 1.76. The van der Waals surface area contributed by atoms with Crippen molar-refractivity contribution in [3.63, 3.8) is 0 Å². The second-order valence-electron chi connectivity index (χ2n) is 3.14. The zero-order valence-corrected chi connectivity index (χ0v) is 8.33. The van der Waals surface area contributed by atoms with Gasteiger partial charge in [-0.15, -0.1) is 12.3 Å².